The van der Waals surface area contributed by atoms with Crippen LogP contribution in [0.5, 0.6) is 0 Å². The summed E-state index contributed by atoms with van der Waals surface area (Å²) < 4.78 is 26.7. The van der Waals surface area contributed by atoms with E-state index in [4.69, 9.17) is 34.9 Å². The number of ether oxygens (including phenoxy) is 5. The Hall–Kier alpha value is -2.73. The van der Waals surface area contributed by atoms with E-state index >= 15 is 0 Å². The molecule has 1 atom stereocenters. The summed E-state index contributed by atoms with van der Waals surface area (Å²) >= 11 is 0. The van der Waals surface area contributed by atoms with E-state index in [0.717, 1.165) is 12.0 Å². The molecule has 1 aromatic rings. The van der Waals surface area contributed by atoms with Gasteiger partial charge in [0.1, 0.15) is 6.61 Å². The molecule has 1 rings (SSSR count). The molecule has 1 amide bonds. The summed E-state index contributed by atoms with van der Waals surface area (Å²) in [5.41, 5.74) is 15.0. The summed E-state index contributed by atoms with van der Waals surface area (Å²) in [4.78, 5) is 26.2. The Morgan fingerprint density at radius 2 is 1.53 bits per heavy atom. The predicted molar refractivity (Wildman–Crippen MR) is 133 cm³/mol. The molecule has 202 valence electrons. The predicted octanol–water partition coefficient (Wildman–Crippen LogP) is 2.11. The minimum Gasteiger partial charge on any atom is -0.461 e. The highest BCUT2D eigenvalue weighted by Gasteiger charge is 2.11. The van der Waals surface area contributed by atoms with Crippen LogP contribution in [0.1, 0.15) is 31.2 Å². The van der Waals surface area contributed by atoms with Crippen molar-refractivity contribution in [2.45, 2.75) is 38.3 Å². The van der Waals surface area contributed by atoms with Crippen molar-refractivity contribution in [2.24, 2.45) is 10.8 Å². The average Bonchev–Trinajstić information content (AvgIpc) is 2.89. The Kier molecular flexibility index (Phi) is 19.8. The van der Waals surface area contributed by atoms with Crippen LogP contribution in [-0.2, 0) is 39.9 Å². The second-order valence-electron chi connectivity index (χ2n) is 7.69. The van der Waals surface area contributed by atoms with Crippen molar-refractivity contribution >= 4 is 11.9 Å². The minimum atomic E-state index is -0.578. The Bertz CT molecular complexity index is 748. The van der Waals surface area contributed by atoms with Gasteiger partial charge in [-0.15, -0.1) is 0 Å². The van der Waals surface area contributed by atoms with Crippen molar-refractivity contribution in [1.82, 2.24) is 5.32 Å². The number of nitrogens with one attached hydrogen (secondary N) is 1. The third kappa shape index (κ3) is 18.6. The number of nitrogens with two attached hydrogens (primary N) is 1. The maximum Gasteiger partial charge on any atom is 0.308 e. The van der Waals surface area contributed by atoms with Gasteiger partial charge in [-0.3, -0.25) is 9.59 Å². The summed E-state index contributed by atoms with van der Waals surface area (Å²) in [6.45, 7) is 4.20. The van der Waals surface area contributed by atoms with E-state index in [1.165, 1.54) is 0 Å². The van der Waals surface area contributed by atoms with E-state index in [-0.39, 0.29) is 31.5 Å². The third-order valence-electron chi connectivity index (χ3n) is 4.78. The van der Waals surface area contributed by atoms with E-state index in [9.17, 15) is 9.59 Å². The molecule has 0 unspecified atom stereocenters. The number of azide groups is 1. The van der Waals surface area contributed by atoms with Crippen LogP contribution in [-0.4, -0.2) is 83.9 Å². The summed E-state index contributed by atoms with van der Waals surface area (Å²) in [5.74, 6) is -0.514. The van der Waals surface area contributed by atoms with Gasteiger partial charge in [-0.2, -0.15) is 0 Å². The molecular weight excluding hydrogens is 470 g/mol. The smallest absolute Gasteiger partial charge is 0.308 e. The number of unbranched alkanes of at least 4 members (excludes halogenated alkanes) is 1. The molecule has 0 bridgehead atoms. The molecule has 0 aromatic heterocycles. The first-order chi connectivity index (χ1) is 17.6. The van der Waals surface area contributed by atoms with Gasteiger partial charge in [0.05, 0.1) is 65.3 Å². The molecule has 0 aliphatic rings. The van der Waals surface area contributed by atoms with Crippen molar-refractivity contribution < 1.29 is 33.3 Å². The third-order valence-corrected chi connectivity index (χ3v) is 4.78. The topological polar surface area (TPSA) is 167 Å². The molecule has 0 saturated heterocycles. The zero-order chi connectivity index (χ0) is 26.1. The number of benzene rings is 1. The molecule has 12 heteroatoms. The Balaban J connectivity index is 1.79. The first-order valence-corrected chi connectivity index (χ1v) is 12.2. The number of rotatable bonds is 23. The highest BCUT2D eigenvalue weighted by molar-refractivity contribution is 5.81. The van der Waals surface area contributed by atoms with Crippen LogP contribution in [0.4, 0.5) is 0 Å². The molecular formula is C24H39N5O7. The number of hydrogen-bond donors (Lipinski definition) is 2. The quantitative estimate of drug-likeness (QED) is 0.0743. The summed E-state index contributed by atoms with van der Waals surface area (Å²) in [5, 5.41) is 6.16. The summed E-state index contributed by atoms with van der Waals surface area (Å²) in [7, 11) is 0. The lowest BCUT2D eigenvalue weighted by molar-refractivity contribution is -0.146. The first kappa shape index (κ1) is 31.3. The van der Waals surface area contributed by atoms with Gasteiger partial charge in [0, 0.05) is 18.0 Å². The molecule has 12 nitrogen and oxygen atoms in total. The van der Waals surface area contributed by atoms with Gasteiger partial charge in [0.25, 0.3) is 0 Å². The number of carbonyl (C=O) groups excluding carboxylic acids is 2. The van der Waals surface area contributed by atoms with E-state index in [0.29, 0.717) is 72.2 Å². The van der Waals surface area contributed by atoms with Crippen molar-refractivity contribution in [3.05, 3.63) is 46.3 Å². The van der Waals surface area contributed by atoms with Crippen LogP contribution >= 0.6 is 0 Å². The molecule has 0 radical (unpaired) electrons. The number of nitrogens with zero attached hydrogens (tertiary/aromatic N) is 3. The first-order valence-electron chi connectivity index (χ1n) is 12.2. The summed E-state index contributed by atoms with van der Waals surface area (Å²) in [6.07, 6.45) is 2.18. The fraction of sp³-hybridized carbons (Fsp3) is 0.667. The van der Waals surface area contributed by atoms with Gasteiger partial charge in [0.15, 0.2) is 0 Å². The van der Waals surface area contributed by atoms with E-state index < -0.39 is 6.04 Å². The standard InChI is InChI=1S/C24H39N5O7/c25-22(8-4-5-10-28-29-26)24(31)27-11-13-33-15-17-35-19-18-34-16-14-32-12-9-23(30)36-20-21-6-2-1-3-7-21/h1-3,6-7,22H,4-5,8-20,25H2,(H,27,31)/t22-/m0/s1. The van der Waals surface area contributed by atoms with Gasteiger partial charge in [0.2, 0.25) is 5.91 Å². The van der Waals surface area contributed by atoms with Crippen molar-refractivity contribution in [2.75, 3.05) is 65.9 Å². The maximum atomic E-state index is 11.8. The fourth-order valence-corrected chi connectivity index (χ4v) is 2.83. The molecule has 0 aliphatic heterocycles. The zero-order valence-corrected chi connectivity index (χ0v) is 20.8. The highest BCUT2D eigenvalue weighted by Crippen LogP contribution is 2.02. The molecule has 36 heavy (non-hydrogen) atoms. The maximum absolute atomic E-state index is 11.8. The molecule has 0 saturated carbocycles. The average molecular weight is 510 g/mol. The van der Waals surface area contributed by atoms with Crippen LogP contribution in [0, 0.1) is 0 Å². The number of amides is 1. The molecule has 0 aliphatic carbocycles. The van der Waals surface area contributed by atoms with E-state index in [1.54, 1.807) is 0 Å². The van der Waals surface area contributed by atoms with Crippen molar-refractivity contribution in [3.63, 3.8) is 0 Å². The van der Waals surface area contributed by atoms with Crippen LogP contribution in [0.15, 0.2) is 35.4 Å². The number of esters is 1. The van der Waals surface area contributed by atoms with Gasteiger partial charge in [-0.05, 0) is 23.9 Å². The van der Waals surface area contributed by atoms with E-state index in [2.05, 4.69) is 15.3 Å². The van der Waals surface area contributed by atoms with Crippen LogP contribution in [0.3, 0.4) is 0 Å². The zero-order valence-electron chi connectivity index (χ0n) is 20.8. The normalized spacial score (nSPS) is 11.5. The van der Waals surface area contributed by atoms with Gasteiger partial charge in [-0.1, -0.05) is 41.9 Å². The van der Waals surface area contributed by atoms with Crippen molar-refractivity contribution in [1.29, 1.82) is 0 Å². The largest absolute Gasteiger partial charge is 0.461 e. The van der Waals surface area contributed by atoms with Gasteiger partial charge < -0.3 is 34.7 Å². The Morgan fingerprint density at radius 1 is 0.917 bits per heavy atom. The monoisotopic (exact) mass is 509 g/mol. The van der Waals surface area contributed by atoms with Crippen LogP contribution in [0.25, 0.3) is 10.4 Å². The SMILES string of the molecule is [N-]=[N+]=NCCCC[C@H](N)C(=O)NCCOCCOCCOCCOCCC(=O)OCc1ccccc1. The minimum absolute atomic E-state index is 0.201. The lowest BCUT2D eigenvalue weighted by atomic mass is 10.1. The number of hydrogen-bond acceptors (Lipinski definition) is 9. The van der Waals surface area contributed by atoms with Crippen LogP contribution in [0.2, 0.25) is 0 Å². The second-order valence-corrected chi connectivity index (χ2v) is 7.69. The molecule has 0 fully saturated rings. The lowest BCUT2D eigenvalue weighted by Crippen LogP contribution is -2.41. The molecule has 0 heterocycles. The fourth-order valence-electron chi connectivity index (χ4n) is 2.83. The lowest BCUT2D eigenvalue weighted by Gasteiger charge is -2.12. The van der Waals surface area contributed by atoms with E-state index in [1.807, 2.05) is 30.3 Å². The second kappa shape index (κ2) is 22.7. The van der Waals surface area contributed by atoms with Gasteiger partial charge >= 0.3 is 5.97 Å². The van der Waals surface area contributed by atoms with Gasteiger partial charge in [-0.25, -0.2) is 0 Å². The van der Waals surface area contributed by atoms with Crippen molar-refractivity contribution in [3.8, 4) is 0 Å². The highest BCUT2D eigenvalue weighted by atomic mass is 16.6. The molecule has 0 spiro atoms. The Labute approximate surface area is 212 Å². The molecule has 3 N–H and O–H groups in total. The number of carbonyl (C=O) groups is 2. The Morgan fingerprint density at radius 3 is 2.17 bits per heavy atom. The van der Waals surface area contributed by atoms with Crippen LogP contribution < -0.4 is 11.1 Å². The molecule has 1 aromatic carbocycles. The summed E-state index contributed by atoms with van der Waals surface area (Å²) in [6, 6.07) is 8.94.